The molecular formula is C14H25N3. The van der Waals surface area contributed by atoms with Crippen molar-refractivity contribution in [3.8, 4) is 0 Å². The fourth-order valence-electron chi connectivity index (χ4n) is 1.75. The van der Waals surface area contributed by atoms with Gasteiger partial charge in [0, 0.05) is 37.6 Å². The lowest BCUT2D eigenvalue weighted by molar-refractivity contribution is 0.313. The van der Waals surface area contributed by atoms with Crippen molar-refractivity contribution in [2.75, 3.05) is 43.9 Å². The number of nitrogen functional groups attached to an aromatic ring is 1. The second kappa shape index (κ2) is 7.17. The molecule has 1 heterocycles. The number of benzene rings is 1. The van der Waals surface area contributed by atoms with E-state index in [1.807, 2.05) is 12.1 Å². The van der Waals surface area contributed by atoms with E-state index in [1.54, 1.807) is 0 Å². The summed E-state index contributed by atoms with van der Waals surface area (Å²) in [5.41, 5.74) is 7.77. The van der Waals surface area contributed by atoms with Crippen LogP contribution in [0.3, 0.4) is 0 Å². The van der Waals surface area contributed by atoms with Crippen LogP contribution in [-0.2, 0) is 0 Å². The summed E-state index contributed by atoms with van der Waals surface area (Å²) in [6.07, 6.45) is 1.25. The summed E-state index contributed by atoms with van der Waals surface area (Å²) in [7, 11) is 2.17. The first-order valence-electron chi connectivity index (χ1n) is 6.46. The highest BCUT2D eigenvalue weighted by atomic mass is 15.2. The molecule has 3 nitrogen and oxygen atoms in total. The summed E-state index contributed by atoms with van der Waals surface area (Å²) in [5, 5.41) is 0. The van der Waals surface area contributed by atoms with Gasteiger partial charge < -0.3 is 15.5 Å². The molecule has 96 valence electrons. The molecule has 0 amide bonds. The largest absolute Gasteiger partial charge is 0.399 e. The van der Waals surface area contributed by atoms with E-state index in [9.17, 15) is 0 Å². The molecule has 0 bridgehead atoms. The van der Waals surface area contributed by atoms with E-state index in [1.165, 1.54) is 12.1 Å². The number of anilines is 2. The van der Waals surface area contributed by atoms with Gasteiger partial charge in [0.1, 0.15) is 0 Å². The second-order valence-corrected chi connectivity index (χ2v) is 4.59. The molecule has 1 aliphatic rings. The summed E-state index contributed by atoms with van der Waals surface area (Å²) in [6.45, 7) is 8.76. The molecule has 1 aliphatic heterocycles. The Kier molecular flexibility index (Phi) is 5.84. The topological polar surface area (TPSA) is 32.5 Å². The van der Waals surface area contributed by atoms with E-state index >= 15 is 0 Å². The third-order valence-corrected chi connectivity index (χ3v) is 2.76. The predicted molar refractivity (Wildman–Crippen MR) is 76.5 cm³/mol. The molecule has 1 aromatic rings. The zero-order valence-electron chi connectivity index (χ0n) is 11.3. The van der Waals surface area contributed by atoms with Gasteiger partial charge in [0.25, 0.3) is 0 Å². The first-order chi connectivity index (χ1) is 8.17. The van der Waals surface area contributed by atoms with Crippen molar-refractivity contribution in [2.24, 2.45) is 0 Å². The average Bonchev–Trinajstić information content (AvgIpc) is 2.32. The molecule has 0 atom stereocenters. The predicted octanol–water partition coefficient (Wildman–Crippen LogP) is 2.44. The van der Waals surface area contributed by atoms with Crippen LogP contribution in [0.5, 0.6) is 0 Å². The zero-order valence-corrected chi connectivity index (χ0v) is 11.3. The quantitative estimate of drug-likeness (QED) is 0.759. The molecule has 0 aliphatic carbocycles. The third kappa shape index (κ3) is 4.65. The van der Waals surface area contributed by atoms with E-state index in [0.29, 0.717) is 0 Å². The molecule has 1 saturated heterocycles. The molecule has 0 aromatic heterocycles. The molecule has 2 rings (SSSR count). The van der Waals surface area contributed by atoms with Gasteiger partial charge in [-0.3, -0.25) is 0 Å². The van der Waals surface area contributed by atoms with Crippen LogP contribution in [0, 0.1) is 0 Å². The third-order valence-electron chi connectivity index (χ3n) is 2.76. The Labute approximate surface area is 105 Å². The van der Waals surface area contributed by atoms with Gasteiger partial charge in [-0.25, -0.2) is 0 Å². The van der Waals surface area contributed by atoms with Crippen LogP contribution < -0.4 is 10.6 Å². The molecular weight excluding hydrogens is 210 g/mol. The minimum absolute atomic E-state index is 0.836. The Morgan fingerprint density at radius 3 is 1.94 bits per heavy atom. The maximum absolute atomic E-state index is 5.65. The highest BCUT2D eigenvalue weighted by Crippen LogP contribution is 2.17. The molecule has 1 fully saturated rings. The van der Waals surface area contributed by atoms with Crippen LogP contribution in [0.2, 0.25) is 0 Å². The van der Waals surface area contributed by atoms with Crippen LogP contribution in [0.15, 0.2) is 24.3 Å². The summed E-state index contributed by atoms with van der Waals surface area (Å²) in [6, 6.07) is 8.13. The van der Waals surface area contributed by atoms with Crippen LogP contribution in [0.4, 0.5) is 11.4 Å². The number of hydrogen-bond acceptors (Lipinski definition) is 3. The minimum atomic E-state index is 0.836. The second-order valence-electron chi connectivity index (χ2n) is 4.59. The molecule has 1 aromatic carbocycles. The molecule has 17 heavy (non-hydrogen) atoms. The van der Waals surface area contributed by atoms with Crippen molar-refractivity contribution in [2.45, 2.75) is 20.3 Å². The Morgan fingerprint density at radius 2 is 1.47 bits per heavy atom. The standard InChI is InChI=1S/C11H17N3.C3H8/c1-13-6-8-14(9-7-13)11-4-2-10(12)3-5-11;1-3-2/h2-5H,6-9,12H2,1H3;3H2,1-2H3. The molecule has 2 N–H and O–H groups in total. The Hall–Kier alpha value is -1.22. The average molecular weight is 235 g/mol. The highest BCUT2D eigenvalue weighted by molar-refractivity contribution is 5.53. The van der Waals surface area contributed by atoms with Crippen molar-refractivity contribution >= 4 is 11.4 Å². The molecule has 0 saturated carbocycles. The Bertz CT molecular complexity index is 300. The van der Waals surface area contributed by atoms with Gasteiger partial charge in [0.05, 0.1) is 0 Å². The smallest absolute Gasteiger partial charge is 0.0368 e. The molecule has 0 unspecified atom stereocenters. The van der Waals surface area contributed by atoms with Crippen molar-refractivity contribution in [1.82, 2.24) is 4.90 Å². The van der Waals surface area contributed by atoms with Gasteiger partial charge in [-0.1, -0.05) is 20.3 Å². The van der Waals surface area contributed by atoms with E-state index in [2.05, 4.69) is 42.8 Å². The monoisotopic (exact) mass is 235 g/mol. The van der Waals surface area contributed by atoms with E-state index in [4.69, 9.17) is 5.73 Å². The summed E-state index contributed by atoms with van der Waals surface area (Å²) in [5.74, 6) is 0. The Balaban J connectivity index is 0.000000437. The van der Waals surface area contributed by atoms with Crippen LogP contribution in [0.1, 0.15) is 20.3 Å². The zero-order chi connectivity index (χ0) is 12.7. The SMILES string of the molecule is CCC.CN1CCN(c2ccc(N)cc2)CC1. The summed E-state index contributed by atoms with van der Waals surface area (Å²) in [4.78, 5) is 4.76. The number of likely N-dealkylation sites (N-methyl/N-ethyl adjacent to an activating group) is 1. The fraction of sp³-hybridized carbons (Fsp3) is 0.571. The van der Waals surface area contributed by atoms with Crippen molar-refractivity contribution in [3.05, 3.63) is 24.3 Å². The van der Waals surface area contributed by atoms with E-state index < -0.39 is 0 Å². The lowest BCUT2D eigenvalue weighted by Crippen LogP contribution is -2.44. The lowest BCUT2D eigenvalue weighted by Gasteiger charge is -2.34. The Morgan fingerprint density at radius 1 is 1.00 bits per heavy atom. The van der Waals surface area contributed by atoms with Crippen molar-refractivity contribution in [1.29, 1.82) is 0 Å². The summed E-state index contributed by atoms with van der Waals surface area (Å²) < 4.78 is 0. The van der Waals surface area contributed by atoms with Gasteiger partial charge in [-0.15, -0.1) is 0 Å². The van der Waals surface area contributed by atoms with E-state index in [0.717, 1.165) is 31.9 Å². The minimum Gasteiger partial charge on any atom is -0.399 e. The van der Waals surface area contributed by atoms with Gasteiger partial charge in [-0.05, 0) is 31.3 Å². The number of piperazine rings is 1. The van der Waals surface area contributed by atoms with Crippen molar-refractivity contribution in [3.63, 3.8) is 0 Å². The van der Waals surface area contributed by atoms with Gasteiger partial charge in [-0.2, -0.15) is 0 Å². The molecule has 0 radical (unpaired) electrons. The maximum atomic E-state index is 5.65. The first kappa shape index (κ1) is 13.8. The lowest BCUT2D eigenvalue weighted by atomic mass is 10.2. The van der Waals surface area contributed by atoms with Crippen molar-refractivity contribution < 1.29 is 0 Å². The van der Waals surface area contributed by atoms with Crippen LogP contribution in [-0.4, -0.2) is 38.1 Å². The van der Waals surface area contributed by atoms with E-state index in [-0.39, 0.29) is 0 Å². The number of nitrogens with two attached hydrogens (primary N) is 1. The number of rotatable bonds is 1. The summed E-state index contributed by atoms with van der Waals surface area (Å²) >= 11 is 0. The maximum Gasteiger partial charge on any atom is 0.0368 e. The van der Waals surface area contributed by atoms with Gasteiger partial charge in [0.15, 0.2) is 0 Å². The van der Waals surface area contributed by atoms with Gasteiger partial charge >= 0.3 is 0 Å². The number of hydrogen-bond donors (Lipinski definition) is 1. The fourth-order valence-corrected chi connectivity index (χ4v) is 1.75. The number of nitrogens with zero attached hydrogens (tertiary/aromatic N) is 2. The molecule has 3 heteroatoms. The first-order valence-corrected chi connectivity index (χ1v) is 6.46. The normalized spacial score (nSPS) is 16.3. The van der Waals surface area contributed by atoms with Crippen LogP contribution >= 0.6 is 0 Å². The molecule has 0 spiro atoms. The van der Waals surface area contributed by atoms with Gasteiger partial charge in [0.2, 0.25) is 0 Å². The highest BCUT2D eigenvalue weighted by Gasteiger charge is 2.13. The van der Waals surface area contributed by atoms with Crippen LogP contribution in [0.25, 0.3) is 0 Å².